The molecule has 0 heterocycles. The Labute approximate surface area is 110 Å². The van der Waals surface area contributed by atoms with E-state index in [0.29, 0.717) is 17.9 Å². The molecule has 0 amide bonds. The zero-order chi connectivity index (χ0) is 13.5. The van der Waals surface area contributed by atoms with Gasteiger partial charge in [-0.2, -0.15) is 0 Å². The van der Waals surface area contributed by atoms with Gasteiger partial charge in [0.15, 0.2) is 0 Å². The Kier molecular flexibility index (Phi) is 5.52. The van der Waals surface area contributed by atoms with Gasteiger partial charge in [-0.3, -0.25) is 9.59 Å². The molecule has 5 heteroatoms. The average Bonchev–Trinajstić information content (AvgIpc) is 2.31. The van der Waals surface area contributed by atoms with Crippen molar-refractivity contribution in [1.82, 2.24) is 0 Å². The number of carboxylic acid groups (broad SMARTS) is 1. The van der Waals surface area contributed by atoms with Crippen molar-refractivity contribution in [3.05, 3.63) is 34.9 Å². The van der Waals surface area contributed by atoms with Crippen molar-refractivity contribution in [1.29, 1.82) is 0 Å². The lowest BCUT2D eigenvalue weighted by Gasteiger charge is -2.01. The zero-order valence-corrected chi connectivity index (χ0v) is 10.4. The number of aliphatic carboxylic acids is 1. The van der Waals surface area contributed by atoms with Crippen LogP contribution in [0.1, 0.15) is 24.8 Å². The molecule has 0 aliphatic rings. The Morgan fingerprint density at radius 1 is 1.11 bits per heavy atom. The van der Waals surface area contributed by atoms with Crippen LogP contribution in [-0.4, -0.2) is 22.6 Å². The lowest BCUT2D eigenvalue weighted by atomic mass is 10.0. The van der Waals surface area contributed by atoms with Gasteiger partial charge in [0.25, 0.3) is 0 Å². The van der Waals surface area contributed by atoms with Gasteiger partial charge in [0.2, 0.25) is 5.78 Å². The standard InChI is InChI=1S/C13H13ClO4/c14-10-6-4-9(5-7-10)2-1-3-11(15)8-12(16)13(17)18/h4-7H,1-3,8H2,(H,17,18). The summed E-state index contributed by atoms with van der Waals surface area (Å²) in [6, 6.07) is 7.28. The highest BCUT2D eigenvalue weighted by molar-refractivity contribution is 6.36. The van der Waals surface area contributed by atoms with E-state index in [2.05, 4.69) is 0 Å². The number of hydrogen-bond donors (Lipinski definition) is 1. The van der Waals surface area contributed by atoms with E-state index < -0.39 is 18.2 Å². The van der Waals surface area contributed by atoms with E-state index in [1.165, 1.54) is 0 Å². The van der Waals surface area contributed by atoms with Crippen LogP contribution in [0, 0.1) is 0 Å². The zero-order valence-electron chi connectivity index (χ0n) is 9.69. The van der Waals surface area contributed by atoms with Crippen LogP contribution in [0.5, 0.6) is 0 Å². The van der Waals surface area contributed by atoms with Crippen LogP contribution in [0.4, 0.5) is 0 Å². The van der Waals surface area contributed by atoms with E-state index in [1.54, 1.807) is 12.1 Å². The summed E-state index contributed by atoms with van der Waals surface area (Å²) in [6.45, 7) is 0. The van der Waals surface area contributed by atoms with Crippen LogP contribution in [0.15, 0.2) is 24.3 Å². The molecule has 1 aromatic carbocycles. The molecule has 0 aromatic heterocycles. The number of benzene rings is 1. The van der Waals surface area contributed by atoms with Gasteiger partial charge in [-0.1, -0.05) is 23.7 Å². The first-order valence-corrected chi connectivity index (χ1v) is 5.89. The highest BCUT2D eigenvalue weighted by atomic mass is 35.5. The molecule has 0 aliphatic heterocycles. The average molecular weight is 269 g/mol. The van der Waals surface area contributed by atoms with Gasteiger partial charge in [0.05, 0.1) is 6.42 Å². The van der Waals surface area contributed by atoms with E-state index in [-0.39, 0.29) is 12.2 Å². The Bertz CT molecular complexity index is 451. The van der Waals surface area contributed by atoms with Crippen LogP contribution in [0.25, 0.3) is 0 Å². The number of halogens is 1. The van der Waals surface area contributed by atoms with Crippen molar-refractivity contribution in [2.45, 2.75) is 25.7 Å². The first kappa shape index (κ1) is 14.4. The van der Waals surface area contributed by atoms with Gasteiger partial charge in [0.1, 0.15) is 5.78 Å². The minimum atomic E-state index is -1.55. The van der Waals surface area contributed by atoms with E-state index in [1.807, 2.05) is 12.1 Å². The third kappa shape index (κ3) is 5.10. The van der Waals surface area contributed by atoms with Gasteiger partial charge in [-0.05, 0) is 30.5 Å². The Morgan fingerprint density at radius 3 is 2.28 bits per heavy atom. The SMILES string of the molecule is O=C(CCCc1ccc(Cl)cc1)CC(=O)C(=O)O. The predicted molar refractivity (Wildman–Crippen MR) is 66.7 cm³/mol. The molecular formula is C13H13ClO4. The lowest BCUT2D eigenvalue weighted by molar-refractivity contribution is -0.150. The molecule has 1 rings (SSSR count). The highest BCUT2D eigenvalue weighted by Crippen LogP contribution is 2.12. The maximum atomic E-state index is 11.3. The summed E-state index contributed by atoms with van der Waals surface area (Å²) in [4.78, 5) is 32.3. The second kappa shape index (κ2) is 6.91. The Hall–Kier alpha value is -1.68. The summed E-state index contributed by atoms with van der Waals surface area (Å²) in [5.74, 6) is -2.94. The van der Waals surface area contributed by atoms with Crippen LogP contribution in [-0.2, 0) is 20.8 Å². The molecule has 4 nitrogen and oxygen atoms in total. The van der Waals surface area contributed by atoms with Crippen LogP contribution in [0.3, 0.4) is 0 Å². The summed E-state index contributed by atoms with van der Waals surface area (Å²) in [5.41, 5.74) is 1.05. The number of carbonyl (C=O) groups is 3. The molecule has 0 unspecified atom stereocenters. The third-order valence-corrected chi connectivity index (χ3v) is 2.68. The van der Waals surface area contributed by atoms with Crippen molar-refractivity contribution in [2.75, 3.05) is 0 Å². The second-order valence-corrected chi connectivity index (χ2v) is 4.36. The minimum absolute atomic E-state index is 0.210. The van der Waals surface area contributed by atoms with Gasteiger partial charge in [-0.25, -0.2) is 4.79 Å². The maximum absolute atomic E-state index is 11.3. The number of Topliss-reactive ketones (excluding diaryl/α,β-unsaturated/α-hetero) is 2. The van der Waals surface area contributed by atoms with Crippen molar-refractivity contribution < 1.29 is 19.5 Å². The van der Waals surface area contributed by atoms with E-state index in [9.17, 15) is 14.4 Å². The summed E-state index contributed by atoms with van der Waals surface area (Å²) in [5, 5.41) is 9.00. The van der Waals surface area contributed by atoms with Crippen molar-refractivity contribution in [2.24, 2.45) is 0 Å². The maximum Gasteiger partial charge on any atom is 0.372 e. The number of rotatable bonds is 7. The summed E-state index contributed by atoms with van der Waals surface area (Å²) >= 11 is 5.74. The topological polar surface area (TPSA) is 71.4 Å². The molecule has 0 bridgehead atoms. The third-order valence-electron chi connectivity index (χ3n) is 2.43. The largest absolute Gasteiger partial charge is 0.475 e. The molecule has 18 heavy (non-hydrogen) atoms. The summed E-state index contributed by atoms with van der Waals surface area (Å²) < 4.78 is 0. The van der Waals surface area contributed by atoms with E-state index in [0.717, 1.165) is 5.56 Å². The number of carbonyl (C=O) groups excluding carboxylic acids is 2. The molecule has 0 spiro atoms. The molecule has 0 saturated carbocycles. The molecule has 0 fully saturated rings. The Morgan fingerprint density at radius 2 is 1.72 bits per heavy atom. The lowest BCUT2D eigenvalue weighted by Crippen LogP contribution is -2.16. The minimum Gasteiger partial charge on any atom is -0.475 e. The summed E-state index contributed by atoms with van der Waals surface area (Å²) in [7, 11) is 0. The number of ketones is 2. The summed E-state index contributed by atoms with van der Waals surface area (Å²) in [6.07, 6.45) is 0.981. The van der Waals surface area contributed by atoms with Gasteiger partial charge in [-0.15, -0.1) is 0 Å². The molecule has 1 aromatic rings. The first-order valence-electron chi connectivity index (χ1n) is 5.51. The van der Waals surface area contributed by atoms with E-state index in [4.69, 9.17) is 16.7 Å². The first-order chi connectivity index (χ1) is 8.49. The fourth-order valence-corrected chi connectivity index (χ4v) is 1.61. The Balaban J connectivity index is 2.29. The quantitative estimate of drug-likeness (QED) is 0.608. The monoisotopic (exact) mass is 268 g/mol. The fourth-order valence-electron chi connectivity index (χ4n) is 1.48. The van der Waals surface area contributed by atoms with Crippen molar-refractivity contribution in [3.63, 3.8) is 0 Å². The molecule has 1 N–H and O–H groups in total. The number of carboxylic acids is 1. The highest BCUT2D eigenvalue weighted by Gasteiger charge is 2.15. The van der Waals surface area contributed by atoms with E-state index >= 15 is 0 Å². The molecule has 0 radical (unpaired) electrons. The molecule has 0 atom stereocenters. The smallest absolute Gasteiger partial charge is 0.372 e. The second-order valence-electron chi connectivity index (χ2n) is 3.92. The number of aryl methyl sites for hydroxylation is 1. The van der Waals surface area contributed by atoms with Crippen molar-refractivity contribution in [3.8, 4) is 0 Å². The predicted octanol–water partition coefficient (Wildman–Crippen LogP) is 2.28. The van der Waals surface area contributed by atoms with Crippen LogP contribution in [0.2, 0.25) is 5.02 Å². The number of hydrogen-bond acceptors (Lipinski definition) is 3. The molecular weight excluding hydrogens is 256 g/mol. The normalized spacial score (nSPS) is 10.1. The van der Waals surface area contributed by atoms with Gasteiger partial charge in [0, 0.05) is 11.4 Å². The molecule has 96 valence electrons. The fraction of sp³-hybridized carbons (Fsp3) is 0.308. The molecule has 0 saturated heterocycles. The van der Waals surface area contributed by atoms with Gasteiger partial charge >= 0.3 is 5.97 Å². The van der Waals surface area contributed by atoms with Crippen LogP contribution >= 0.6 is 11.6 Å². The van der Waals surface area contributed by atoms with Crippen LogP contribution < -0.4 is 0 Å². The van der Waals surface area contributed by atoms with Gasteiger partial charge < -0.3 is 5.11 Å². The van der Waals surface area contributed by atoms with Crippen molar-refractivity contribution >= 4 is 29.1 Å². The molecule has 0 aliphatic carbocycles.